The highest BCUT2D eigenvalue weighted by atomic mass is 16.6. The predicted molar refractivity (Wildman–Crippen MR) is 112 cm³/mol. The van der Waals surface area contributed by atoms with Gasteiger partial charge in [0.05, 0.1) is 6.10 Å². The van der Waals surface area contributed by atoms with E-state index in [1.165, 1.54) is 0 Å². The number of Topliss-reactive ketones (excluding diaryl/α,β-unsaturated/α-hetero) is 1. The molecule has 3 aliphatic rings. The summed E-state index contributed by atoms with van der Waals surface area (Å²) in [7, 11) is 0. The lowest BCUT2D eigenvalue weighted by molar-refractivity contribution is -0.151. The molecular formula is C24H29NO5. The molecule has 0 saturated carbocycles. The molecule has 6 nitrogen and oxygen atoms in total. The van der Waals surface area contributed by atoms with Crippen molar-refractivity contribution in [2.75, 3.05) is 13.2 Å². The van der Waals surface area contributed by atoms with Crippen LogP contribution in [0, 0.1) is 11.3 Å². The number of phenols is 1. The van der Waals surface area contributed by atoms with Gasteiger partial charge in [-0.05, 0) is 42.4 Å². The number of ketones is 1. The molecule has 1 fully saturated rings. The molecule has 4 rings (SSSR count). The van der Waals surface area contributed by atoms with Gasteiger partial charge >= 0.3 is 5.97 Å². The summed E-state index contributed by atoms with van der Waals surface area (Å²) in [5.74, 6) is -1.45. The third-order valence-corrected chi connectivity index (χ3v) is 6.19. The molecule has 1 aromatic carbocycles. The van der Waals surface area contributed by atoms with Gasteiger partial charge in [0, 0.05) is 35.9 Å². The van der Waals surface area contributed by atoms with Gasteiger partial charge in [0.2, 0.25) is 0 Å². The minimum Gasteiger partial charge on any atom is -0.508 e. The van der Waals surface area contributed by atoms with E-state index in [-0.39, 0.29) is 29.7 Å². The minimum atomic E-state index is -0.722. The van der Waals surface area contributed by atoms with Crippen molar-refractivity contribution >= 4 is 11.8 Å². The number of aromatic hydroxyl groups is 1. The molecule has 0 spiro atoms. The zero-order valence-corrected chi connectivity index (χ0v) is 17.6. The molecule has 3 atom stereocenters. The Morgan fingerprint density at radius 3 is 2.70 bits per heavy atom. The average molecular weight is 411 g/mol. The number of hydrogen-bond donors (Lipinski definition) is 2. The summed E-state index contributed by atoms with van der Waals surface area (Å²) in [6, 6.07) is 6.67. The monoisotopic (exact) mass is 411 g/mol. The number of nitrogens with one attached hydrogen (secondary N) is 1. The molecule has 1 aromatic rings. The summed E-state index contributed by atoms with van der Waals surface area (Å²) in [4.78, 5) is 26.4. The fourth-order valence-corrected chi connectivity index (χ4v) is 4.81. The zero-order chi connectivity index (χ0) is 21.5. The van der Waals surface area contributed by atoms with Crippen molar-refractivity contribution in [1.82, 2.24) is 5.32 Å². The minimum absolute atomic E-state index is 0.0382. The summed E-state index contributed by atoms with van der Waals surface area (Å²) in [6.07, 6.45) is 2.90. The second-order valence-electron chi connectivity index (χ2n) is 9.30. The second-order valence-corrected chi connectivity index (χ2v) is 9.30. The van der Waals surface area contributed by atoms with E-state index in [0.29, 0.717) is 30.7 Å². The van der Waals surface area contributed by atoms with Crippen LogP contribution in [0.25, 0.3) is 0 Å². The third kappa shape index (κ3) is 4.01. The Morgan fingerprint density at radius 2 is 2.03 bits per heavy atom. The van der Waals surface area contributed by atoms with Gasteiger partial charge in [-0.15, -0.1) is 0 Å². The highest BCUT2D eigenvalue weighted by Crippen LogP contribution is 2.48. The largest absolute Gasteiger partial charge is 0.508 e. The molecule has 1 aliphatic carbocycles. The number of rotatable bonds is 4. The molecule has 160 valence electrons. The maximum Gasteiger partial charge on any atom is 0.315 e. The van der Waals surface area contributed by atoms with Crippen LogP contribution in [0.2, 0.25) is 0 Å². The first-order chi connectivity index (χ1) is 14.2. The van der Waals surface area contributed by atoms with E-state index in [0.717, 1.165) is 24.1 Å². The fourth-order valence-electron chi connectivity index (χ4n) is 4.81. The van der Waals surface area contributed by atoms with E-state index >= 15 is 0 Å². The lowest BCUT2D eigenvalue weighted by atomic mass is 9.66. The summed E-state index contributed by atoms with van der Waals surface area (Å²) < 4.78 is 11.2. The SMILES string of the molecule is C=C1NC2=C(C(=O)CC(C)(C)C2)C(c2ccc(O)cc2)C1C(=O)OCC1CCCO1. The molecule has 2 aliphatic heterocycles. The highest BCUT2D eigenvalue weighted by molar-refractivity contribution is 6.00. The van der Waals surface area contributed by atoms with E-state index in [9.17, 15) is 14.7 Å². The molecule has 0 amide bonds. The number of hydrogen-bond acceptors (Lipinski definition) is 6. The smallest absolute Gasteiger partial charge is 0.315 e. The van der Waals surface area contributed by atoms with Gasteiger partial charge in [0.1, 0.15) is 18.3 Å². The predicted octanol–water partition coefficient (Wildman–Crippen LogP) is 3.57. The first kappa shape index (κ1) is 20.7. The Labute approximate surface area is 176 Å². The number of allylic oxidation sites excluding steroid dienone is 2. The van der Waals surface area contributed by atoms with E-state index in [1.807, 2.05) is 0 Å². The molecular weight excluding hydrogens is 382 g/mol. The number of phenolic OH excluding ortho intramolecular Hbond substituents is 1. The Morgan fingerprint density at radius 1 is 1.30 bits per heavy atom. The van der Waals surface area contributed by atoms with Crippen LogP contribution < -0.4 is 5.32 Å². The molecule has 0 bridgehead atoms. The molecule has 30 heavy (non-hydrogen) atoms. The van der Waals surface area contributed by atoms with Gasteiger partial charge in [-0.25, -0.2) is 0 Å². The van der Waals surface area contributed by atoms with Crippen LogP contribution in [0.5, 0.6) is 5.75 Å². The topological polar surface area (TPSA) is 84.9 Å². The Kier molecular flexibility index (Phi) is 5.45. The Balaban J connectivity index is 1.70. The standard InChI is InChI=1S/C24H29NO5/c1-14-20(23(28)30-13-17-5-4-10-29-17)21(15-6-8-16(26)9-7-15)22-18(25-14)11-24(2,3)12-19(22)27/h6-9,17,20-21,25-26H,1,4-5,10-13H2,2-3H3. The van der Waals surface area contributed by atoms with Gasteiger partial charge in [-0.1, -0.05) is 32.6 Å². The van der Waals surface area contributed by atoms with Crippen LogP contribution in [0.15, 0.2) is 47.8 Å². The van der Waals surface area contributed by atoms with Crippen LogP contribution >= 0.6 is 0 Å². The van der Waals surface area contributed by atoms with Gasteiger partial charge in [-0.3, -0.25) is 9.59 Å². The van der Waals surface area contributed by atoms with Crippen LogP contribution in [0.4, 0.5) is 0 Å². The molecule has 0 aromatic heterocycles. The van der Waals surface area contributed by atoms with Crippen molar-refractivity contribution in [3.05, 3.63) is 53.4 Å². The summed E-state index contributed by atoms with van der Waals surface area (Å²) in [6.45, 7) is 9.14. The Bertz CT molecular complexity index is 893. The molecule has 2 N–H and O–H groups in total. The van der Waals surface area contributed by atoms with Crippen LogP contribution in [-0.2, 0) is 19.1 Å². The highest BCUT2D eigenvalue weighted by Gasteiger charge is 2.46. The van der Waals surface area contributed by atoms with Crippen LogP contribution in [-0.4, -0.2) is 36.2 Å². The maximum absolute atomic E-state index is 13.2. The van der Waals surface area contributed by atoms with Gasteiger partial charge < -0.3 is 19.9 Å². The van der Waals surface area contributed by atoms with E-state index in [4.69, 9.17) is 9.47 Å². The number of carbonyl (C=O) groups excluding carboxylic acids is 2. The van der Waals surface area contributed by atoms with Gasteiger partial charge in [0.25, 0.3) is 0 Å². The second kappa shape index (κ2) is 7.91. The first-order valence-corrected chi connectivity index (χ1v) is 10.5. The Hall–Kier alpha value is -2.60. The summed E-state index contributed by atoms with van der Waals surface area (Å²) >= 11 is 0. The first-order valence-electron chi connectivity index (χ1n) is 10.5. The molecule has 2 heterocycles. The number of carbonyl (C=O) groups is 2. The van der Waals surface area contributed by atoms with Crippen molar-refractivity contribution in [2.45, 2.75) is 51.6 Å². The zero-order valence-electron chi connectivity index (χ0n) is 17.6. The quantitative estimate of drug-likeness (QED) is 0.737. The maximum atomic E-state index is 13.2. The van der Waals surface area contributed by atoms with Crippen molar-refractivity contribution in [1.29, 1.82) is 0 Å². The van der Waals surface area contributed by atoms with Crippen molar-refractivity contribution in [3.8, 4) is 5.75 Å². The van der Waals surface area contributed by atoms with Gasteiger partial charge in [0.15, 0.2) is 5.78 Å². The lowest BCUT2D eigenvalue weighted by Gasteiger charge is -2.42. The summed E-state index contributed by atoms with van der Waals surface area (Å²) in [5.41, 5.74) is 2.63. The number of benzene rings is 1. The number of esters is 1. The third-order valence-electron chi connectivity index (χ3n) is 6.19. The van der Waals surface area contributed by atoms with Crippen molar-refractivity contribution in [2.24, 2.45) is 11.3 Å². The van der Waals surface area contributed by atoms with Crippen molar-refractivity contribution < 1.29 is 24.2 Å². The van der Waals surface area contributed by atoms with E-state index < -0.39 is 17.8 Å². The molecule has 3 unspecified atom stereocenters. The van der Waals surface area contributed by atoms with Crippen LogP contribution in [0.3, 0.4) is 0 Å². The van der Waals surface area contributed by atoms with Crippen molar-refractivity contribution in [3.63, 3.8) is 0 Å². The molecule has 0 radical (unpaired) electrons. The van der Waals surface area contributed by atoms with E-state index in [2.05, 4.69) is 25.7 Å². The molecule has 6 heteroatoms. The average Bonchev–Trinajstić information content (AvgIpc) is 3.18. The fraction of sp³-hybridized carbons (Fsp3) is 0.500. The molecule has 1 saturated heterocycles. The summed E-state index contributed by atoms with van der Waals surface area (Å²) in [5, 5.41) is 13.0. The lowest BCUT2D eigenvalue weighted by Crippen LogP contribution is -2.44. The van der Waals surface area contributed by atoms with Crippen LogP contribution in [0.1, 0.15) is 51.0 Å². The van der Waals surface area contributed by atoms with E-state index in [1.54, 1.807) is 24.3 Å². The normalized spacial score (nSPS) is 28.1. The number of ether oxygens (including phenoxy) is 2. The van der Waals surface area contributed by atoms with Gasteiger partial charge in [-0.2, -0.15) is 0 Å².